The first-order chi connectivity index (χ1) is 13.5. The van der Waals surface area contributed by atoms with Crippen molar-refractivity contribution in [2.45, 2.75) is 49.5 Å². The molecule has 2 aliphatic heterocycles. The van der Waals surface area contributed by atoms with Gasteiger partial charge in [0.15, 0.2) is 0 Å². The van der Waals surface area contributed by atoms with Crippen molar-refractivity contribution >= 4 is 35.3 Å². The van der Waals surface area contributed by atoms with Crippen LogP contribution >= 0.6 is 23.5 Å². The van der Waals surface area contributed by atoms with Crippen LogP contribution in [0, 0.1) is 11.3 Å². The quantitative estimate of drug-likeness (QED) is 0.739. The molecule has 0 bridgehead atoms. The molecule has 1 saturated heterocycles. The number of likely N-dealkylation sites (tertiary alicyclic amines) is 1. The summed E-state index contributed by atoms with van der Waals surface area (Å²) in [4.78, 5) is 28.0. The summed E-state index contributed by atoms with van der Waals surface area (Å²) in [6.45, 7) is 2.87. The lowest BCUT2D eigenvalue weighted by Crippen LogP contribution is -2.43. The first kappa shape index (κ1) is 20.8. The molecule has 1 aromatic carbocycles. The Hall–Kier alpha value is -1.91. The van der Waals surface area contributed by atoms with Gasteiger partial charge in [0.25, 0.3) is 0 Å². The molecule has 0 aromatic heterocycles. The van der Waals surface area contributed by atoms with Gasteiger partial charge in [-0.3, -0.25) is 9.59 Å². The van der Waals surface area contributed by atoms with Crippen LogP contribution in [-0.2, 0) is 9.59 Å². The Labute approximate surface area is 174 Å². The second-order valence-electron chi connectivity index (χ2n) is 7.15. The average molecular weight is 416 g/mol. The van der Waals surface area contributed by atoms with E-state index in [1.165, 1.54) is 11.8 Å². The number of thioether (sulfide) groups is 2. The Morgan fingerprint density at radius 2 is 2.07 bits per heavy atom. The number of nitrogens with zero attached hydrogens (tertiary/aromatic N) is 2. The summed E-state index contributed by atoms with van der Waals surface area (Å²) in [6, 6.07) is 10.5. The number of allylic oxidation sites excluding steroid dienone is 1. The normalized spacial score (nSPS) is 22.6. The molecule has 0 unspecified atom stereocenters. The average Bonchev–Trinajstić information content (AvgIpc) is 2.72. The molecular weight excluding hydrogens is 390 g/mol. The van der Waals surface area contributed by atoms with E-state index in [9.17, 15) is 14.9 Å². The third kappa shape index (κ3) is 4.73. The summed E-state index contributed by atoms with van der Waals surface area (Å²) in [5.41, 5.74) is 1.50. The van der Waals surface area contributed by atoms with Gasteiger partial charge in [0.05, 0.1) is 22.4 Å². The van der Waals surface area contributed by atoms with Gasteiger partial charge in [-0.15, -0.1) is 11.8 Å². The van der Waals surface area contributed by atoms with Crippen LogP contribution in [0.1, 0.15) is 44.1 Å². The summed E-state index contributed by atoms with van der Waals surface area (Å²) >= 11 is 2.93. The third-order valence-electron chi connectivity index (χ3n) is 5.34. The number of hydrogen-bond donors (Lipinski definition) is 1. The van der Waals surface area contributed by atoms with E-state index < -0.39 is 0 Å². The highest BCUT2D eigenvalue weighted by atomic mass is 32.2. The Morgan fingerprint density at radius 1 is 1.32 bits per heavy atom. The van der Waals surface area contributed by atoms with E-state index in [1.807, 2.05) is 35.4 Å². The van der Waals surface area contributed by atoms with Gasteiger partial charge in [0.1, 0.15) is 0 Å². The number of carbonyl (C=O) groups is 2. The molecule has 7 heteroatoms. The van der Waals surface area contributed by atoms with E-state index >= 15 is 0 Å². The minimum atomic E-state index is -0.263. The van der Waals surface area contributed by atoms with Crippen molar-refractivity contribution in [3.8, 4) is 6.07 Å². The van der Waals surface area contributed by atoms with Gasteiger partial charge in [0.2, 0.25) is 11.8 Å². The molecule has 148 valence electrons. The molecule has 28 heavy (non-hydrogen) atoms. The zero-order valence-corrected chi connectivity index (χ0v) is 17.9. The fraction of sp³-hybridized carbons (Fsp3) is 0.476. The van der Waals surface area contributed by atoms with Crippen molar-refractivity contribution in [1.29, 1.82) is 5.26 Å². The highest BCUT2D eigenvalue weighted by Gasteiger charge is 2.31. The smallest absolute Gasteiger partial charge is 0.233 e. The number of amides is 2. The topological polar surface area (TPSA) is 73.2 Å². The van der Waals surface area contributed by atoms with Crippen molar-refractivity contribution in [3.63, 3.8) is 0 Å². The van der Waals surface area contributed by atoms with Crippen molar-refractivity contribution in [2.24, 2.45) is 0 Å². The monoisotopic (exact) mass is 415 g/mol. The van der Waals surface area contributed by atoms with Gasteiger partial charge in [0, 0.05) is 29.8 Å². The molecular formula is C21H25N3O2S2. The first-order valence-corrected chi connectivity index (χ1v) is 11.7. The van der Waals surface area contributed by atoms with E-state index in [4.69, 9.17) is 0 Å². The van der Waals surface area contributed by atoms with E-state index in [1.54, 1.807) is 11.8 Å². The number of nitrogens with one attached hydrogen (secondary N) is 1. The van der Waals surface area contributed by atoms with Gasteiger partial charge >= 0.3 is 0 Å². The Kier molecular flexibility index (Phi) is 7.08. The van der Waals surface area contributed by atoms with Crippen LogP contribution in [0.4, 0.5) is 0 Å². The van der Waals surface area contributed by atoms with Gasteiger partial charge < -0.3 is 10.2 Å². The standard InChI is InChI=1S/C21H25N3O2S2/c1-14-5-3-4-10-24(14)20(26)13-28-21-18(12-22)17(11-19(25)23-21)15-6-8-16(27-2)9-7-15/h6-9,14,17H,3-5,10-11,13H2,1-2H3,(H,23,25)/t14-,17+/m0/s1. The third-order valence-corrected chi connectivity index (χ3v) is 7.08. The van der Waals surface area contributed by atoms with Crippen molar-refractivity contribution in [2.75, 3.05) is 18.6 Å². The molecule has 5 nitrogen and oxygen atoms in total. The van der Waals surface area contributed by atoms with E-state index in [-0.39, 0.29) is 35.9 Å². The van der Waals surface area contributed by atoms with Crippen LogP contribution in [-0.4, -0.2) is 41.3 Å². The Balaban J connectivity index is 1.77. The second kappa shape index (κ2) is 9.53. The molecule has 0 saturated carbocycles. The summed E-state index contributed by atoms with van der Waals surface area (Å²) in [6.07, 6.45) is 5.50. The maximum Gasteiger partial charge on any atom is 0.233 e. The molecule has 3 rings (SSSR count). The van der Waals surface area contributed by atoms with Gasteiger partial charge in [-0.25, -0.2) is 0 Å². The maximum atomic E-state index is 12.6. The molecule has 0 aliphatic carbocycles. The van der Waals surface area contributed by atoms with E-state index in [0.717, 1.165) is 36.3 Å². The zero-order chi connectivity index (χ0) is 20.1. The van der Waals surface area contributed by atoms with Crippen LogP contribution < -0.4 is 5.32 Å². The van der Waals surface area contributed by atoms with Gasteiger partial charge in [-0.2, -0.15) is 5.26 Å². The van der Waals surface area contributed by atoms with Crippen LogP contribution in [0.5, 0.6) is 0 Å². The molecule has 2 aliphatic rings. The predicted octanol–water partition coefficient (Wildman–Crippen LogP) is 3.88. The summed E-state index contributed by atoms with van der Waals surface area (Å²) < 4.78 is 0. The molecule has 2 amide bonds. The van der Waals surface area contributed by atoms with Crippen LogP contribution in [0.2, 0.25) is 0 Å². The summed E-state index contributed by atoms with van der Waals surface area (Å²) in [5, 5.41) is 13.1. The molecule has 2 heterocycles. The second-order valence-corrected chi connectivity index (χ2v) is 9.02. The minimum Gasteiger partial charge on any atom is -0.339 e. The fourth-order valence-corrected chi connectivity index (χ4v) is 5.11. The highest BCUT2D eigenvalue weighted by molar-refractivity contribution is 8.03. The number of piperidine rings is 1. The maximum absolute atomic E-state index is 12.6. The molecule has 0 radical (unpaired) electrons. The lowest BCUT2D eigenvalue weighted by molar-refractivity contribution is -0.131. The molecule has 0 spiro atoms. The minimum absolute atomic E-state index is 0.0719. The Bertz CT molecular complexity index is 814. The number of hydrogen-bond acceptors (Lipinski definition) is 5. The number of nitriles is 1. The molecule has 1 N–H and O–H groups in total. The number of benzene rings is 1. The highest BCUT2D eigenvalue weighted by Crippen LogP contribution is 2.36. The largest absolute Gasteiger partial charge is 0.339 e. The predicted molar refractivity (Wildman–Crippen MR) is 114 cm³/mol. The molecule has 2 atom stereocenters. The first-order valence-electron chi connectivity index (χ1n) is 9.53. The van der Waals surface area contributed by atoms with Crippen molar-refractivity contribution in [3.05, 3.63) is 40.4 Å². The summed E-state index contributed by atoms with van der Waals surface area (Å²) in [5.74, 6) is -0.0633. The lowest BCUT2D eigenvalue weighted by atomic mass is 9.87. The number of rotatable bonds is 5. The van der Waals surface area contributed by atoms with Crippen LogP contribution in [0.15, 0.2) is 39.8 Å². The van der Waals surface area contributed by atoms with Crippen molar-refractivity contribution in [1.82, 2.24) is 10.2 Å². The van der Waals surface area contributed by atoms with Crippen LogP contribution in [0.3, 0.4) is 0 Å². The zero-order valence-electron chi connectivity index (χ0n) is 16.2. The SMILES string of the molecule is CSc1ccc([C@H]2CC(=O)NC(SCC(=O)N3CCCC[C@@H]3C)=C2C#N)cc1. The number of carbonyl (C=O) groups excluding carboxylic acids is 2. The molecule has 1 aromatic rings. The lowest BCUT2D eigenvalue weighted by Gasteiger charge is -2.33. The van der Waals surface area contributed by atoms with Crippen molar-refractivity contribution < 1.29 is 9.59 Å². The van der Waals surface area contributed by atoms with E-state index in [2.05, 4.69) is 18.3 Å². The Morgan fingerprint density at radius 3 is 2.71 bits per heavy atom. The fourth-order valence-electron chi connectivity index (χ4n) is 3.74. The van der Waals surface area contributed by atoms with E-state index in [0.29, 0.717) is 10.6 Å². The molecule has 1 fully saturated rings. The van der Waals surface area contributed by atoms with Gasteiger partial charge in [-0.05, 0) is 50.1 Å². The summed E-state index contributed by atoms with van der Waals surface area (Å²) in [7, 11) is 0. The van der Waals surface area contributed by atoms with Crippen LogP contribution in [0.25, 0.3) is 0 Å². The van der Waals surface area contributed by atoms with Gasteiger partial charge in [-0.1, -0.05) is 23.9 Å².